The van der Waals surface area contributed by atoms with Gasteiger partial charge >= 0.3 is 0 Å². The Morgan fingerprint density at radius 1 is 1.28 bits per heavy atom. The highest BCUT2D eigenvalue weighted by Crippen LogP contribution is 2.32. The van der Waals surface area contributed by atoms with Crippen molar-refractivity contribution in [2.75, 3.05) is 0 Å². The van der Waals surface area contributed by atoms with Crippen molar-refractivity contribution in [2.24, 2.45) is 12.2 Å². The van der Waals surface area contributed by atoms with E-state index < -0.39 is 0 Å². The minimum Gasteiger partial charge on any atom is -0.208 e. The first-order chi connectivity index (χ1) is 8.61. The fourth-order valence-corrected chi connectivity index (χ4v) is 1.71. The summed E-state index contributed by atoms with van der Waals surface area (Å²) < 4.78 is 15.4. The van der Waals surface area contributed by atoms with Gasteiger partial charge < -0.3 is 0 Å². The Balaban J connectivity index is 2.65. The standard InChI is InChI=1S/C13H12FN4/c1-9-7-11(10-3-5-18(2)6-4-10)13(16-17-15)8-12(9)14/h3-8H,1-2H3/q+1. The van der Waals surface area contributed by atoms with Gasteiger partial charge in [-0.2, -0.15) is 0 Å². The van der Waals surface area contributed by atoms with E-state index in [0.717, 1.165) is 11.1 Å². The van der Waals surface area contributed by atoms with Crippen molar-refractivity contribution in [3.8, 4) is 11.1 Å². The number of aromatic nitrogens is 1. The summed E-state index contributed by atoms with van der Waals surface area (Å²) in [5, 5.41) is 3.54. The van der Waals surface area contributed by atoms with E-state index in [1.54, 1.807) is 13.0 Å². The van der Waals surface area contributed by atoms with Gasteiger partial charge in [-0.1, -0.05) is 5.11 Å². The Hall–Kier alpha value is -2.39. The van der Waals surface area contributed by atoms with E-state index in [-0.39, 0.29) is 5.82 Å². The van der Waals surface area contributed by atoms with Crippen LogP contribution in [-0.4, -0.2) is 0 Å². The van der Waals surface area contributed by atoms with E-state index in [0.29, 0.717) is 11.3 Å². The lowest BCUT2D eigenvalue weighted by Crippen LogP contribution is -2.25. The number of azide groups is 1. The van der Waals surface area contributed by atoms with Crippen molar-refractivity contribution in [3.05, 3.63) is 58.5 Å². The maximum Gasteiger partial charge on any atom is 0.169 e. The zero-order valence-corrected chi connectivity index (χ0v) is 10.1. The predicted molar refractivity (Wildman–Crippen MR) is 66.6 cm³/mol. The number of hydrogen-bond donors (Lipinski definition) is 0. The van der Waals surface area contributed by atoms with E-state index in [1.807, 2.05) is 36.1 Å². The van der Waals surface area contributed by atoms with E-state index in [2.05, 4.69) is 10.0 Å². The Kier molecular flexibility index (Phi) is 3.26. The lowest BCUT2D eigenvalue weighted by Gasteiger charge is -2.07. The highest BCUT2D eigenvalue weighted by atomic mass is 19.1. The maximum atomic E-state index is 13.5. The molecule has 90 valence electrons. The van der Waals surface area contributed by atoms with Gasteiger partial charge in [0.05, 0.1) is 0 Å². The van der Waals surface area contributed by atoms with E-state index in [1.165, 1.54) is 6.07 Å². The van der Waals surface area contributed by atoms with Crippen LogP contribution in [0, 0.1) is 12.7 Å². The molecule has 0 saturated heterocycles. The number of halogens is 1. The van der Waals surface area contributed by atoms with Gasteiger partial charge in [0.2, 0.25) is 0 Å². The van der Waals surface area contributed by atoms with Crippen LogP contribution in [0.3, 0.4) is 0 Å². The molecule has 1 aromatic carbocycles. The SMILES string of the molecule is Cc1cc(-c2cc[n+](C)cc2)c(N=[N+]=[N-])cc1F. The van der Waals surface area contributed by atoms with Crippen molar-refractivity contribution in [1.82, 2.24) is 0 Å². The molecule has 0 aliphatic heterocycles. The first-order valence-electron chi connectivity index (χ1n) is 5.42. The number of pyridine rings is 1. The molecule has 0 unspecified atom stereocenters. The summed E-state index contributed by atoms with van der Waals surface area (Å²) in [7, 11) is 1.91. The van der Waals surface area contributed by atoms with Crippen molar-refractivity contribution in [1.29, 1.82) is 0 Å². The number of rotatable bonds is 2. The van der Waals surface area contributed by atoms with Gasteiger partial charge in [-0.05, 0) is 41.3 Å². The van der Waals surface area contributed by atoms with Crippen LogP contribution in [0.5, 0.6) is 0 Å². The van der Waals surface area contributed by atoms with Gasteiger partial charge in [0.1, 0.15) is 12.9 Å². The molecule has 1 aromatic heterocycles. The van der Waals surface area contributed by atoms with Crippen LogP contribution in [0.1, 0.15) is 5.56 Å². The van der Waals surface area contributed by atoms with Crippen LogP contribution in [0.4, 0.5) is 10.1 Å². The minimum atomic E-state index is -0.373. The molecule has 0 N–H and O–H groups in total. The van der Waals surface area contributed by atoms with Crippen LogP contribution in [0.25, 0.3) is 21.6 Å². The lowest BCUT2D eigenvalue weighted by molar-refractivity contribution is -0.671. The monoisotopic (exact) mass is 243 g/mol. The summed E-state index contributed by atoms with van der Waals surface area (Å²) in [6.07, 6.45) is 3.77. The van der Waals surface area contributed by atoms with Crippen molar-refractivity contribution < 1.29 is 8.96 Å². The van der Waals surface area contributed by atoms with E-state index in [9.17, 15) is 4.39 Å². The summed E-state index contributed by atoms with van der Waals surface area (Å²) in [5.41, 5.74) is 11.0. The van der Waals surface area contributed by atoms with Gasteiger partial charge in [-0.25, -0.2) is 8.96 Å². The van der Waals surface area contributed by atoms with Crippen LogP contribution in [0.15, 0.2) is 41.8 Å². The molecule has 0 radical (unpaired) electrons. The fourth-order valence-electron chi connectivity index (χ4n) is 1.71. The van der Waals surface area contributed by atoms with E-state index in [4.69, 9.17) is 5.53 Å². The maximum absolute atomic E-state index is 13.5. The Morgan fingerprint density at radius 2 is 1.94 bits per heavy atom. The molecule has 0 bridgehead atoms. The molecule has 0 saturated carbocycles. The second kappa shape index (κ2) is 4.85. The fraction of sp³-hybridized carbons (Fsp3) is 0.154. The number of nitrogens with zero attached hydrogens (tertiary/aromatic N) is 4. The average Bonchev–Trinajstić information content (AvgIpc) is 2.35. The predicted octanol–water partition coefficient (Wildman–Crippen LogP) is 3.57. The van der Waals surface area contributed by atoms with Crippen LogP contribution >= 0.6 is 0 Å². The molecular formula is C13H12FN4+. The van der Waals surface area contributed by atoms with E-state index >= 15 is 0 Å². The summed E-state index contributed by atoms with van der Waals surface area (Å²) in [6.45, 7) is 1.68. The summed E-state index contributed by atoms with van der Waals surface area (Å²) in [6, 6.07) is 6.73. The number of hydrogen-bond acceptors (Lipinski definition) is 1. The minimum absolute atomic E-state index is 0.300. The quantitative estimate of drug-likeness (QED) is 0.335. The molecule has 0 aliphatic carbocycles. The molecule has 0 fully saturated rings. The molecule has 4 nitrogen and oxygen atoms in total. The summed E-state index contributed by atoms with van der Waals surface area (Å²) in [4.78, 5) is 2.73. The van der Waals surface area contributed by atoms with Crippen molar-refractivity contribution >= 4 is 5.69 Å². The molecule has 0 atom stereocenters. The smallest absolute Gasteiger partial charge is 0.169 e. The van der Waals surface area contributed by atoms with Gasteiger partial charge in [0, 0.05) is 22.7 Å². The number of benzene rings is 1. The Bertz CT molecular complexity index is 628. The molecule has 5 heteroatoms. The largest absolute Gasteiger partial charge is 0.208 e. The molecule has 18 heavy (non-hydrogen) atoms. The summed E-state index contributed by atoms with van der Waals surface area (Å²) in [5.74, 6) is -0.373. The normalized spacial score (nSPS) is 9.94. The second-order valence-corrected chi connectivity index (χ2v) is 4.06. The van der Waals surface area contributed by atoms with Crippen molar-refractivity contribution in [3.63, 3.8) is 0 Å². The molecule has 0 aliphatic rings. The Morgan fingerprint density at radius 3 is 2.56 bits per heavy atom. The highest BCUT2D eigenvalue weighted by Gasteiger charge is 2.09. The molecule has 2 rings (SSSR count). The topological polar surface area (TPSA) is 52.6 Å². The van der Waals surface area contributed by atoms with Crippen LogP contribution in [-0.2, 0) is 7.05 Å². The molecule has 0 spiro atoms. The first-order valence-corrected chi connectivity index (χ1v) is 5.42. The third-order valence-corrected chi connectivity index (χ3v) is 2.72. The number of aryl methyl sites for hydroxylation is 2. The van der Waals surface area contributed by atoms with Crippen molar-refractivity contribution in [2.45, 2.75) is 6.92 Å². The third kappa shape index (κ3) is 2.31. The first kappa shape index (κ1) is 12.1. The molecule has 2 aromatic rings. The third-order valence-electron chi connectivity index (χ3n) is 2.72. The van der Waals surface area contributed by atoms with Gasteiger partial charge in [-0.15, -0.1) is 0 Å². The lowest BCUT2D eigenvalue weighted by atomic mass is 10.0. The van der Waals surface area contributed by atoms with Gasteiger partial charge in [-0.3, -0.25) is 0 Å². The average molecular weight is 243 g/mol. The molecule has 0 amide bonds. The van der Waals surface area contributed by atoms with Crippen LogP contribution < -0.4 is 4.57 Å². The summed E-state index contributed by atoms with van der Waals surface area (Å²) >= 11 is 0. The molecule has 1 heterocycles. The zero-order valence-electron chi connectivity index (χ0n) is 10.1. The zero-order chi connectivity index (χ0) is 13.1. The van der Waals surface area contributed by atoms with Gasteiger partial charge in [0.25, 0.3) is 0 Å². The van der Waals surface area contributed by atoms with Gasteiger partial charge in [0.15, 0.2) is 12.4 Å². The molecular weight excluding hydrogens is 231 g/mol. The second-order valence-electron chi connectivity index (χ2n) is 4.06. The highest BCUT2D eigenvalue weighted by molar-refractivity contribution is 5.76. The Labute approximate surface area is 104 Å². The van der Waals surface area contributed by atoms with Crippen LogP contribution in [0.2, 0.25) is 0 Å².